The summed E-state index contributed by atoms with van der Waals surface area (Å²) in [7, 11) is 0. The average molecular weight is 405 g/mol. The van der Waals surface area contributed by atoms with Crippen LogP contribution in [0.1, 0.15) is 33.5 Å². The maximum atomic E-state index is 12.4. The summed E-state index contributed by atoms with van der Waals surface area (Å²) in [6.07, 6.45) is 3.96. The van der Waals surface area contributed by atoms with E-state index in [4.69, 9.17) is 0 Å². The largest absolute Gasteiger partial charge is 0.314 e. The number of nitrogens with one attached hydrogen (secondary N) is 3. The first-order chi connectivity index (χ1) is 12.2. The Kier molecular flexibility index (Phi) is 6.26. The number of ketones is 1. The topological polar surface area (TPSA) is 103 Å². The van der Waals surface area contributed by atoms with Gasteiger partial charge in [0, 0.05) is 37.6 Å². The molecule has 3 heterocycles. The van der Waals surface area contributed by atoms with E-state index < -0.39 is 5.92 Å². The number of carbonyl (C=O) groups is 1. The summed E-state index contributed by atoms with van der Waals surface area (Å²) >= 11 is 3.26. The average Bonchev–Trinajstić information content (AvgIpc) is 2.67. The van der Waals surface area contributed by atoms with E-state index in [0.717, 1.165) is 37.3 Å². The van der Waals surface area contributed by atoms with Gasteiger partial charge in [-0.05, 0) is 24.6 Å². The summed E-state index contributed by atoms with van der Waals surface area (Å²) in [5.41, 5.74) is 2.54. The van der Waals surface area contributed by atoms with Crippen molar-refractivity contribution < 1.29 is 4.79 Å². The van der Waals surface area contributed by atoms with Crippen LogP contribution in [-0.2, 0) is 13.0 Å². The van der Waals surface area contributed by atoms with Crippen LogP contribution in [0.15, 0.2) is 12.2 Å². The molecule has 0 aliphatic carbocycles. The zero-order valence-electron chi connectivity index (χ0n) is 13.9. The van der Waals surface area contributed by atoms with Crippen molar-refractivity contribution in [3.05, 3.63) is 34.9 Å². The Morgan fingerprint density at radius 2 is 2.24 bits per heavy atom. The summed E-state index contributed by atoms with van der Waals surface area (Å²) in [6.45, 7) is 3.84. The van der Waals surface area contributed by atoms with Gasteiger partial charge in [0.05, 0.1) is 17.5 Å². The van der Waals surface area contributed by atoms with E-state index >= 15 is 0 Å². The van der Waals surface area contributed by atoms with Crippen LogP contribution in [0.3, 0.4) is 0 Å². The lowest BCUT2D eigenvalue weighted by Gasteiger charge is -2.30. The maximum absolute atomic E-state index is 12.4. The number of rotatable bonds is 5. The summed E-state index contributed by atoms with van der Waals surface area (Å²) < 4.78 is 0. The number of alkyl halides is 1. The van der Waals surface area contributed by atoms with Gasteiger partial charge in [-0.1, -0.05) is 22.0 Å². The number of nitrogens with zero attached hydrogens (tertiary/aromatic N) is 3. The van der Waals surface area contributed by atoms with Crippen LogP contribution in [0.25, 0.3) is 0 Å². The van der Waals surface area contributed by atoms with Crippen LogP contribution in [-0.4, -0.2) is 53.3 Å². The zero-order chi connectivity index (χ0) is 17.6. The first-order valence-electron chi connectivity index (χ1n) is 8.45. The molecule has 2 unspecified atom stereocenters. The Hall–Kier alpha value is -1.66. The van der Waals surface area contributed by atoms with Crippen molar-refractivity contribution in [2.24, 2.45) is 0 Å². The lowest BCUT2D eigenvalue weighted by Crippen LogP contribution is -2.51. The molecule has 132 valence electrons. The standard InChI is InChI=1S/C17H21BrN6O/c18-4-1-2-15(25)17-23-14-10-20-5-3-11(14)16(24-17)12(8-19)13-9-21-6-7-22-13/h1-2,12-13,20-22H,3-7,9-10H2. The third-order valence-electron chi connectivity index (χ3n) is 4.46. The smallest absolute Gasteiger partial charge is 0.222 e. The molecule has 0 saturated carbocycles. The Morgan fingerprint density at radius 1 is 1.36 bits per heavy atom. The minimum atomic E-state index is -0.408. The second-order valence-corrected chi connectivity index (χ2v) is 6.72. The van der Waals surface area contributed by atoms with Crippen molar-refractivity contribution in [3.63, 3.8) is 0 Å². The van der Waals surface area contributed by atoms with Gasteiger partial charge in [-0.15, -0.1) is 0 Å². The summed E-state index contributed by atoms with van der Waals surface area (Å²) in [4.78, 5) is 21.4. The summed E-state index contributed by atoms with van der Waals surface area (Å²) in [6, 6.07) is 2.38. The molecule has 1 fully saturated rings. The number of allylic oxidation sites excluding steroid dienone is 2. The Balaban J connectivity index is 2.02. The molecule has 25 heavy (non-hydrogen) atoms. The van der Waals surface area contributed by atoms with Crippen LogP contribution in [0, 0.1) is 11.3 Å². The highest BCUT2D eigenvalue weighted by atomic mass is 79.9. The third kappa shape index (κ3) is 4.12. The van der Waals surface area contributed by atoms with Gasteiger partial charge < -0.3 is 16.0 Å². The van der Waals surface area contributed by atoms with Crippen molar-refractivity contribution in [2.45, 2.75) is 24.9 Å². The molecule has 0 aromatic carbocycles. The predicted molar refractivity (Wildman–Crippen MR) is 97.7 cm³/mol. The molecule has 8 heteroatoms. The van der Waals surface area contributed by atoms with E-state index in [2.05, 4.69) is 47.9 Å². The number of aromatic nitrogens is 2. The lowest BCUT2D eigenvalue weighted by atomic mass is 9.89. The van der Waals surface area contributed by atoms with Gasteiger partial charge in [0.2, 0.25) is 11.6 Å². The molecule has 1 aromatic rings. The van der Waals surface area contributed by atoms with Crippen molar-refractivity contribution in [3.8, 4) is 6.07 Å². The first kappa shape index (κ1) is 18.1. The second kappa shape index (κ2) is 8.63. The fourth-order valence-electron chi connectivity index (χ4n) is 3.24. The lowest BCUT2D eigenvalue weighted by molar-refractivity contribution is 0.103. The first-order valence-corrected chi connectivity index (χ1v) is 9.57. The van der Waals surface area contributed by atoms with Crippen molar-refractivity contribution in [1.82, 2.24) is 25.9 Å². The SMILES string of the molecule is N#CC(c1nc(C(=O)C=CCBr)nc2c1CCNC2)C1CNCCN1. The summed E-state index contributed by atoms with van der Waals surface area (Å²) in [5, 5.41) is 20.4. The van der Waals surface area contributed by atoms with E-state index in [1.54, 1.807) is 6.08 Å². The van der Waals surface area contributed by atoms with E-state index in [1.807, 2.05) is 0 Å². The van der Waals surface area contributed by atoms with Crippen LogP contribution in [0.5, 0.6) is 0 Å². The maximum Gasteiger partial charge on any atom is 0.222 e. The molecule has 1 saturated heterocycles. The van der Waals surface area contributed by atoms with Crippen LogP contribution < -0.4 is 16.0 Å². The normalized spacial score (nSPS) is 21.5. The number of halogens is 1. The molecule has 2 aliphatic heterocycles. The van der Waals surface area contributed by atoms with E-state index in [0.29, 0.717) is 24.1 Å². The zero-order valence-corrected chi connectivity index (χ0v) is 15.5. The minimum absolute atomic E-state index is 0.0197. The van der Waals surface area contributed by atoms with Gasteiger partial charge in [-0.2, -0.15) is 5.26 Å². The third-order valence-corrected chi connectivity index (χ3v) is 4.83. The molecule has 0 radical (unpaired) electrons. The Bertz CT molecular complexity index is 708. The van der Waals surface area contributed by atoms with E-state index in [1.165, 1.54) is 6.08 Å². The Morgan fingerprint density at radius 3 is 2.96 bits per heavy atom. The quantitative estimate of drug-likeness (QED) is 0.371. The number of nitriles is 1. The minimum Gasteiger partial charge on any atom is -0.314 e. The van der Waals surface area contributed by atoms with Gasteiger partial charge in [-0.25, -0.2) is 9.97 Å². The second-order valence-electron chi connectivity index (χ2n) is 6.08. The molecule has 0 spiro atoms. The predicted octanol–water partition coefficient (Wildman–Crippen LogP) is 0.425. The van der Waals surface area contributed by atoms with Crippen LogP contribution in [0.4, 0.5) is 0 Å². The Labute approximate surface area is 155 Å². The van der Waals surface area contributed by atoms with Crippen molar-refractivity contribution in [2.75, 3.05) is 31.5 Å². The van der Waals surface area contributed by atoms with Crippen molar-refractivity contribution >= 4 is 21.7 Å². The number of piperazine rings is 1. The van der Waals surface area contributed by atoms with Crippen LogP contribution in [0.2, 0.25) is 0 Å². The molecule has 7 nitrogen and oxygen atoms in total. The summed E-state index contributed by atoms with van der Waals surface area (Å²) in [5.74, 6) is -0.478. The molecule has 2 atom stereocenters. The van der Waals surface area contributed by atoms with Gasteiger partial charge in [0.25, 0.3) is 0 Å². The molecular formula is C17H21BrN6O. The van der Waals surface area contributed by atoms with Gasteiger partial charge >= 0.3 is 0 Å². The molecule has 0 bridgehead atoms. The molecular weight excluding hydrogens is 384 g/mol. The van der Waals surface area contributed by atoms with Gasteiger partial charge in [-0.3, -0.25) is 4.79 Å². The monoisotopic (exact) mass is 404 g/mol. The fourth-order valence-corrected chi connectivity index (χ4v) is 3.42. The van der Waals surface area contributed by atoms with E-state index in [-0.39, 0.29) is 17.6 Å². The highest BCUT2D eigenvalue weighted by Crippen LogP contribution is 2.26. The molecule has 3 rings (SSSR count). The van der Waals surface area contributed by atoms with Crippen molar-refractivity contribution in [1.29, 1.82) is 5.26 Å². The number of carbonyl (C=O) groups excluding carboxylic acids is 1. The molecule has 1 aromatic heterocycles. The highest BCUT2D eigenvalue weighted by Gasteiger charge is 2.31. The van der Waals surface area contributed by atoms with Gasteiger partial charge in [0.15, 0.2) is 0 Å². The fraction of sp³-hybridized carbons (Fsp3) is 0.529. The highest BCUT2D eigenvalue weighted by molar-refractivity contribution is 9.09. The molecule has 3 N–H and O–H groups in total. The molecule has 0 amide bonds. The number of hydrogen-bond acceptors (Lipinski definition) is 7. The van der Waals surface area contributed by atoms with Gasteiger partial charge in [0.1, 0.15) is 5.92 Å². The number of hydrogen-bond donors (Lipinski definition) is 3. The molecule has 2 aliphatic rings. The van der Waals surface area contributed by atoms with Crippen LogP contribution >= 0.6 is 15.9 Å². The number of fused-ring (bicyclic) bond motifs is 1. The van der Waals surface area contributed by atoms with E-state index in [9.17, 15) is 10.1 Å².